The molecule has 51 heavy (non-hydrogen) atoms. The lowest BCUT2D eigenvalue weighted by Crippen LogP contribution is -2.28. The number of hydrogen-bond acceptors (Lipinski definition) is 4. The summed E-state index contributed by atoms with van der Waals surface area (Å²) in [5, 5.41) is 2.36. The average molecular weight is 770 g/mol. The number of benzene rings is 6. The summed E-state index contributed by atoms with van der Waals surface area (Å²) in [6, 6.07) is 51.9. The van der Waals surface area contributed by atoms with Gasteiger partial charge in [-0.3, -0.25) is 4.57 Å². The maximum atomic E-state index is 5.28. The first kappa shape index (κ1) is 30.2. The molecule has 0 spiro atoms. The minimum Gasteiger partial charge on any atom is -0.332 e. The first-order valence-electron chi connectivity index (χ1n) is 17.5. The number of anilines is 2. The van der Waals surface area contributed by atoms with Crippen LogP contribution in [0.25, 0.3) is 67.2 Å². The predicted octanol–water partition coefficient (Wildman–Crippen LogP) is 11.7. The zero-order valence-corrected chi connectivity index (χ0v) is 29.9. The SMILES string of the molecule is Ic1cccc(-c2nc(-c3ccccc3)nc(-n3c4ccccc4c4ccc5c(c43)N(c3ccc(-c4ccccc4)cc3)C3CCCC=C53)n2)c1. The van der Waals surface area contributed by atoms with Crippen LogP contribution in [0.3, 0.4) is 0 Å². The topological polar surface area (TPSA) is 46.8 Å². The molecule has 10 rings (SSSR count). The van der Waals surface area contributed by atoms with Crippen molar-refractivity contribution in [3.05, 3.63) is 161 Å². The Hall–Kier alpha value is -5.60. The van der Waals surface area contributed by atoms with E-state index in [9.17, 15) is 0 Å². The van der Waals surface area contributed by atoms with Crippen LogP contribution < -0.4 is 4.90 Å². The summed E-state index contributed by atoms with van der Waals surface area (Å²) in [6.07, 6.45) is 5.83. The fraction of sp³-hybridized carbons (Fsp3) is 0.0889. The Morgan fingerprint density at radius 1 is 0.588 bits per heavy atom. The second-order valence-electron chi connectivity index (χ2n) is 13.3. The Morgan fingerprint density at radius 2 is 1.27 bits per heavy atom. The number of halogens is 1. The van der Waals surface area contributed by atoms with Gasteiger partial charge in [-0.1, -0.05) is 121 Å². The van der Waals surface area contributed by atoms with Gasteiger partial charge in [0.25, 0.3) is 0 Å². The van der Waals surface area contributed by atoms with Crippen LogP contribution >= 0.6 is 22.6 Å². The van der Waals surface area contributed by atoms with Crippen molar-refractivity contribution in [3.8, 4) is 39.9 Å². The minimum atomic E-state index is 0.258. The molecular weight excluding hydrogens is 737 g/mol. The third kappa shape index (κ3) is 5.08. The molecule has 1 unspecified atom stereocenters. The molecule has 5 nitrogen and oxygen atoms in total. The van der Waals surface area contributed by atoms with E-state index in [2.05, 4.69) is 166 Å². The number of fused-ring (bicyclic) bond motifs is 7. The number of aromatic nitrogens is 4. The molecule has 6 aromatic carbocycles. The number of nitrogens with zero attached hydrogens (tertiary/aromatic N) is 5. The van der Waals surface area contributed by atoms with Gasteiger partial charge in [-0.05, 0) is 88.9 Å². The van der Waals surface area contributed by atoms with Crippen LogP contribution in [-0.2, 0) is 0 Å². The van der Waals surface area contributed by atoms with Crippen molar-refractivity contribution < 1.29 is 0 Å². The lowest BCUT2D eigenvalue weighted by atomic mass is 9.91. The van der Waals surface area contributed by atoms with Gasteiger partial charge in [0.05, 0.1) is 22.8 Å². The largest absolute Gasteiger partial charge is 0.332 e. The smallest absolute Gasteiger partial charge is 0.238 e. The lowest BCUT2D eigenvalue weighted by molar-refractivity contribution is 0.659. The second kappa shape index (κ2) is 12.3. The second-order valence-corrected chi connectivity index (χ2v) is 14.5. The van der Waals surface area contributed by atoms with Crippen molar-refractivity contribution in [1.29, 1.82) is 0 Å². The Balaban J connectivity index is 1.26. The molecule has 0 fully saturated rings. The van der Waals surface area contributed by atoms with E-state index in [1.807, 2.05) is 18.2 Å². The molecule has 0 saturated carbocycles. The van der Waals surface area contributed by atoms with Crippen LogP contribution in [0.1, 0.15) is 24.8 Å². The van der Waals surface area contributed by atoms with Gasteiger partial charge in [0.2, 0.25) is 5.95 Å². The maximum absolute atomic E-state index is 5.28. The van der Waals surface area contributed by atoms with Gasteiger partial charge in [0.15, 0.2) is 11.6 Å². The summed E-state index contributed by atoms with van der Waals surface area (Å²) >= 11 is 2.36. The summed E-state index contributed by atoms with van der Waals surface area (Å²) in [6.45, 7) is 0. The predicted molar refractivity (Wildman–Crippen MR) is 217 cm³/mol. The highest BCUT2D eigenvalue weighted by Gasteiger charge is 2.39. The van der Waals surface area contributed by atoms with Crippen LogP contribution in [0.2, 0.25) is 0 Å². The summed E-state index contributed by atoms with van der Waals surface area (Å²) in [5.74, 6) is 1.92. The van der Waals surface area contributed by atoms with E-state index in [0.717, 1.165) is 38.6 Å². The molecule has 0 bridgehead atoms. The molecule has 2 aromatic heterocycles. The van der Waals surface area contributed by atoms with Crippen molar-refractivity contribution in [3.63, 3.8) is 0 Å². The number of para-hydroxylation sites is 1. The minimum absolute atomic E-state index is 0.258. The molecule has 0 amide bonds. The fourth-order valence-electron chi connectivity index (χ4n) is 7.99. The average Bonchev–Trinajstić information content (AvgIpc) is 3.72. The molecule has 0 N–H and O–H groups in total. The first-order chi connectivity index (χ1) is 25.2. The van der Waals surface area contributed by atoms with Crippen LogP contribution in [0, 0.1) is 3.57 Å². The van der Waals surface area contributed by atoms with Gasteiger partial charge in [-0.25, -0.2) is 4.98 Å². The van der Waals surface area contributed by atoms with Gasteiger partial charge in [-0.15, -0.1) is 0 Å². The Kier molecular flexibility index (Phi) is 7.30. The third-order valence-corrected chi connectivity index (χ3v) is 10.9. The third-order valence-electron chi connectivity index (χ3n) is 10.3. The van der Waals surface area contributed by atoms with Crippen LogP contribution in [-0.4, -0.2) is 25.6 Å². The zero-order chi connectivity index (χ0) is 33.9. The van der Waals surface area contributed by atoms with E-state index in [-0.39, 0.29) is 6.04 Å². The molecule has 1 aliphatic carbocycles. The van der Waals surface area contributed by atoms with Crippen molar-refractivity contribution in [2.24, 2.45) is 0 Å². The highest BCUT2D eigenvalue weighted by Crippen LogP contribution is 2.53. The molecular formula is C45H32IN5. The standard InChI is InChI=1S/C45H32IN5/c46-33-17-11-16-32(28-33)44-47-43(31-14-5-2-6-15-31)48-45(49-44)51-40-21-10-8-19-36(40)38-27-26-37-35-18-7-9-20-39(35)50(41(37)42(38)51)34-24-22-30(23-25-34)29-12-3-1-4-13-29/h1-6,8,10-19,21-28,39H,7,9,20H2. The van der Waals surface area contributed by atoms with E-state index >= 15 is 0 Å². The Labute approximate surface area is 310 Å². The van der Waals surface area contributed by atoms with Crippen molar-refractivity contribution in [2.75, 3.05) is 4.90 Å². The number of allylic oxidation sites excluding steroid dienone is 1. The van der Waals surface area contributed by atoms with Crippen molar-refractivity contribution in [2.45, 2.75) is 25.3 Å². The van der Waals surface area contributed by atoms with E-state index in [1.54, 1.807) is 0 Å². The summed E-state index contributed by atoms with van der Waals surface area (Å²) < 4.78 is 3.42. The monoisotopic (exact) mass is 769 g/mol. The quantitative estimate of drug-likeness (QED) is 0.164. The summed E-state index contributed by atoms with van der Waals surface area (Å²) in [7, 11) is 0. The van der Waals surface area contributed by atoms with Gasteiger partial charge >= 0.3 is 0 Å². The summed E-state index contributed by atoms with van der Waals surface area (Å²) in [5.41, 5.74) is 11.7. The first-order valence-corrected chi connectivity index (χ1v) is 18.6. The van der Waals surface area contributed by atoms with Crippen LogP contribution in [0.5, 0.6) is 0 Å². The van der Waals surface area contributed by atoms with E-state index < -0.39 is 0 Å². The lowest BCUT2D eigenvalue weighted by Gasteiger charge is -2.30. The molecule has 2 aliphatic rings. The van der Waals surface area contributed by atoms with Gasteiger partial charge in [0, 0.05) is 36.7 Å². The van der Waals surface area contributed by atoms with Crippen LogP contribution in [0.4, 0.5) is 11.4 Å². The molecule has 1 aliphatic heterocycles. The molecule has 0 saturated heterocycles. The number of rotatable bonds is 5. The van der Waals surface area contributed by atoms with E-state index in [1.165, 1.54) is 50.8 Å². The molecule has 6 heteroatoms. The highest BCUT2D eigenvalue weighted by atomic mass is 127. The Morgan fingerprint density at radius 3 is 2.06 bits per heavy atom. The highest BCUT2D eigenvalue weighted by molar-refractivity contribution is 14.1. The maximum Gasteiger partial charge on any atom is 0.238 e. The van der Waals surface area contributed by atoms with E-state index in [0.29, 0.717) is 17.6 Å². The summed E-state index contributed by atoms with van der Waals surface area (Å²) in [4.78, 5) is 18.2. The van der Waals surface area contributed by atoms with Gasteiger partial charge < -0.3 is 4.90 Å². The van der Waals surface area contributed by atoms with Crippen molar-refractivity contribution >= 4 is 61.3 Å². The molecule has 0 radical (unpaired) electrons. The zero-order valence-electron chi connectivity index (χ0n) is 27.7. The van der Waals surface area contributed by atoms with Crippen LogP contribution in [0.15, 0.2) is 152 Å². The Bertz CT molecular complexity index is 2630. The number of hydrogen-bond donors (Lipinski definition) is 0. The van der Waals surface area contributed by atoms with Gasteiger partial charge in [-0.2, -0.15) is 9.97 Å². The molecule has 244 valence electrons. The van der Waals surface area contributed by atoms with Gasteiger partial charge in [0.1, 0.15) is 0 Å². The molecule has 1 atom stereocenters. The molecule has 8 aromatic rings. The van der Waals surface area contributed by atoms with Crippen molar-refractivity contribution in [1.82, 2.24) is 19.5 Å². The molecule has 3 heterocycles. The normalized spacial score (nSPS) is 15.2. The van der Waals surface area contributed by atoms with E-state index in [4.69, 9.17) is 15.0 Å². The fourth-order valence-corrected chi connectivity index (χ4v) is 8.53.